The number of hydrogen-bond donors (Lipinski definition) is 1. The predicted octanol–water partition coefficient (Wildman–Crippen LogP) is 3.97. The fourth-order valence-electron chi connectivity index (χ4n) is 4.60. The predicted molar refractivity (Wildman–Crippen MR) is 144 cm³/mol. The molecule has 2 aliphatic rings. The molecule has 2 heterocycles. The Kier molecular flexibility index (Phi) is 8.81. The number of nitrogens with zero attached hydrogens (tertiary/aromatic N) is 3. The van der Waals surface area contributed by atoms with Gasteiger partial charge in [-0.2, -0.15) is 0 Å². The lowest BCUT2D eigenvalue weighted by Crippen LogP contribution is -2.53. The number of hydrogen-bond acceptors (Lipinski definition) is 6. The zero-order chi connectivity index (χ0) is 27.4. The first-order valence-electron chi connectivity index (χ1n) is 12.3. The Morgan fingerprint density at radius 1 is 1.05 bits per heavy atom. The van der Waals surface area contributed by atoms with E-state index in [1.807, 2.05) is 0 Å². The molecule has 202 valence electrons. The highest BCUT2D eigenvalue weighted by molar-refractivity contribution is 6.35. The zero-order valence-electron chi connectivity index (χ0n) is 21.5. The fourth-order valence-corrected chi connectivity index (χ4v) is 5.12. The molecule has 0 bridgehead atoms. The molecule has 0 radical (unpaired) electrons. The highest BCUT2D eigenvalue weighted by Crippen LogP contribution is 2.36. The first-order chi connectivity index (χ1) is 18.2. The number of benzene rings is 2. The summed E-state index contributed by atoms with van der Waals surface area (Å²) in [7, 11) is 3.20. The lowest BCUT2D eigenvalue weighted by atomic mass is 9.94. The van der Waals surface area contributed by atoms with Gasteiger partial charge in [-0.15, -0.1) is 0 Å². The minimum Gasteiger partial charge on any atom is -0.497 e. The topological polar surface area (TPSA) is 91.4 Å². The van der Waals surface area contributed by atoms with Crippen LogP contribution in [0.5, 0.6) is 5.75 Å². The second kappa shape index (κ2) is 12.1. The van der Waals surface area contributed by atoms with Gasteiger partial charge < -0.3 is 19.7 Å². The summed E-state index contributed by atoms with van der Waals surface area (Å²) >= 11 is 12.5. The number of halogens is 2. The molecule has 0 aromatic heterocycles. The Balaban J connectivity index is 1.56. The summed E-state index contributed by atoms with van der Waals surface area (Å²) in [5.41, 5.74) is 1.99. The van der Waals surface area contributed by atoms with Crippen molar-refractivity contribution in [3.8, 4) is 5.75 Å². The second-order valence-electron chi connectivity index (χ2n) is 8.99. The number of ether oxygens (including phenoxy) is 2. The lowest BCUT2D eigenvalue weighted by Gasteiger charge is -2.39. The van der Waals surface area contributed by atoms with Gasteiger partial charge in [-0.05, 0) is 48.9 Å². The van der Waals surface area contributed by atoms with E-state index in [4.69, 9.17) is 32.7 Å². The normalized spacial score (nSPS) is 18.3. The van der Waals surface area contributed by atoms with Gasteiger partial charge in [0.15, 0.2) is 0 Å². The number of urea groups is 1. The highest BCUT2D eigenvalue weighted by Gasteiger charge is 2.38. The summed E-state index contributed by atoms with van der Waals surface area (Å²) in [5.74, 6) is 0.111. The third-order valence-corrected chi connectivity index (χ3v) is 7.28. The summed E-state index contributed by atoms with van der Waals surface area (Å²) < 4.78 is 10.6. The van der Waals surface area contributed by atoms with Crippen molar-refractivity contribution in [2.75, 3.05) is 53.5 Å². The number of carbonyl (C=O) groups excluding carboxylic acids is 3. The van der Waals surface area contributed by atoms with Crippen molar-refractivity contribution in [1.82, 2.24) is 20.0 Å². The molecule has 0 unspecified atom stereocenters. The van der Waals surface area contributed by atoms with Crippen molar-refractivity contribution in [1.29, 1.82) is 0 Å². The maximum atomic E-state index is 13.2. The van der Waals surface area contributed by atoms with Crippen LogP contribution in [0, 0.1) is 0 Å². The molecule has 1 fully saturated rings. The van der Waals surface area contributed by atoms with Crippen LogP contribution in [0.15, 0.2) is 53.7 Å². The molecule has 3 amide bonds. The molecule has 0 spiro atoms. The van der Waals surface area contributed by atoms with E-state index in [1.54, 1.807) is 68.4 Å². The maximum Gasteiger partial charge on any atom is 0.338 e. The number of nitrogens with one attached hydrogen (secondary N) is 1. The average molecular weight is 561 g/mol. The summed E-state index contributed by atoms with van der Waals surface area (Å²) in [4.78, 5) is 44.5. The van der Waals surface area contributed by atoms with Crippen LogP contribution >= 0.6 is 23.2 Å². The molecule has 1 atom stereocenters. The molecule has 2 aromatic carbocycles. The van der Waals surface area contributed by atoms with Crippen LogP contribution in [0.3, 0.4) is 0 Å². The van der Waals surface area contributed by atoms with Gasteiger partial charge in [0.25, 0.3) is 5.91 Å². The van der Waals surface area contributed by atoms with E-state index in [0.29, 0.717) is 70.9 Å². The molecule has 2 aliphatic heterocycles. The van der Waals surface area contributed by atoms with Crippen molar-refractivity contribution in [3.63, 3.8) is 0 Å². The Hall–Kier alpha value is -3.27. The first kappa shape index (κ1) is 27.8. The Bertz CT molecular complexity index is 1240. The molecule has 38 heavy (non-hydrogen) atoms. The average Bonchev–Trinajstić information content (AvgIpc) is 2.91. The van der Waals surface area contributed by atoms with Crippen molar-refractivity contribution in [3.05, 3.63) is 74.9 Å². The van der Waals surface area contributed by atoms with Crippen molar-refractivity contribution >= 4 is 41.1 Å². The van der Waals surface area contributed by atoms with Gasteiger partial charge in [0.05, 0.1) is 25.3 Å². The number of rotatable bonds is 7. The van der Waals surface area contributed by atoms with Crippen molar-refractivity contribution in [2.24, 2.45) is 0 Å². The van der Waals surface area contributed by atoms with Gasteiger partial charge in [-0.3, -0.25) is 14.6 Å². The molecule has 4 rings (SSSR count). The number of amides is 3. The van der Waals surface area contributed by atoms with Crippen LogP contribution in [-0.2, 0) is 9.53 Å². The molecule has 1 N–H and O–H groups in total. The summed E-state index contributed by atoms with van der Waals surface area (Å²) in [6, 6.07) is 10.8. The van der Waals surface area contributed by atoms with Crippen LogP contribution < -0.4 is 10.1 Å². The third-order valence-electron chi connectivity index (χ3n) is 6.72. The van der Waals surface area contributed by atoms with E-state index in [0.717, 1.165) is 0 Å². The summed E-state index contributed by atoms with van der Waals surface area (Å²) in [6.45, 7) is 4.40. The van der Waals surface area contributed by atoms with Crippen LogP contribution in [0.25, 0.3) is 0 Å². The molecule has 2 aromatic rings. The van der Waals surface area contributed by atoms with Crippen LogP contribution in [0.2, 0.25) is 10.0 Å². The van der Waals surface area contributed by atoms with E-state index < -0.39 is 12.0 Å². The highest BCUT2D eigenvalue weighted by atomic mass is 35.5. The Morgan fingerprint density at radius 3 is 2.34 bits per heavy atom. The van der Waals surface area contributed by atoms with E-state index >= 15 is 0 Å². The van der Waals surface area contributed by atoms with Crippen LogP contribution in [0.1, 0.15) is 28.9 Å². The van der Waals surface area contributed by atoms with Gasteiger partial charge >= 0.3 is 12.0 Å². The third kappa shape index (κ3) is 5.90. The van der Waals surface area contributed by atoms with Gasteiger partial charge in [0.1, 0.15) is 5.75 Å². The Labute approximate surface area is 231 Å². The largest absolute Gasteiger partial charge is 0.497 e. The van der Waals surface area contributed by atoms with Gasteiger partial charge in [0, 0.05) is 61.1 Å². The molecule has 1 saturated heterocycles. The quantitative estimate of drug-likeness (QED) is 0.515. The lowest BCUT2D eigenvalue weighted by molar-refractivity contribution is -0.139. The minimum atomic E-state index is -0.796. The molecular formula is C27H30Cl2N4O5. The van der Waals surface area contributed by atoms with E-state index in [-0.39, 0.29) is 18.5 Å². The van der Waals surface area contributed by atoms with Gasteiger partial charge in [-0.1, -0.05) is 29.3 Å². The van der Waals surface area contributed by atoms with Crippen LogP contribution in [0.4, 0.5) is 4.79 Å². The number of piperazine rings is 1. The number of carbonyl (C=O) groups is 3. The monoisotopic (exact) mass is 560 g/mol. The van der Waals surface area contributed by atoms with E-state index in [2.05, 4.69) is 10.2 Å². The maximum absolute atomic E-state index is 13.2. The minimum absolute atomic E-state index is 0.0506. The fraction of sp³-hybridized carbons (Fsp3) is 0.370. The number of esters is 1. The molecular weight excluding hydrogens is 531 g/mol. The number of methoxy groups -OCH3 is 1. The molecule has 9 nitrogen and oxygen atoms in total. The zero-order valence-corrected chi connectivity index (χ0v) is 23.0. The first-order valence-corrected chi connectivity index (χ1v) is 13.0. The standard InChI is InChI=1S/C27H30Cl2N4O5/c1-4-38-26(35)23-22(31(2)27(36)30-24(23)20-10-7-18(28)15-21(20)29)16-32-11-13-33(14-12-32)25(34)17-5-8-19(37-3)9-6-17/h5-10,15,24H,4,11-14,16H2,1-3H3,(H,30,36)/t24-/m1/s1. The number of likely N-dealkylation sites (N-methyl/N-ethyl adjacent to an activating group) is 1. The van der Waals surface area contributed by atoms with Crippen molar-refractivity contribution in [2.45, 2.75) is 13.0 Å². The SMILES string of the molecule is CCOC(=O)C1=C(CN2CCN(C(=O)c3ccc(OC)cc3)CC2)N(C)C(=O)N[C@@H]1c1ccc(Cl)cc1Cl. The van der Waals surface area contributed by atoms with Crippen molar-refractivity contribution < 1.29 is 23.9 Å². The molecule has 0 saturated carbocycles. The summed E-state index contributed by atoms with van der Waals surface area (Å²) in [6.07, 6.45) is 0. The van der Waals surface area contributed by atoms with E-state index in [1.165, 1.54) is 4.90 Å². The van der Waals surface area contributed by atoms with Gasteiger partial charge in [-0.25, -0.2) is 9.59 Å². The second-order valence-corrected chi connectivity index (χ2v) is 9.83. The molecule has 0 aliphatic carbocycles. The van der Waals surface area contributed by atoms with E-state index in [9.17, 15) is 14.4 Å². The summed E-state index contributed by atoms with van der Waals surface area (Å²) in [5, 5.41) is 3.65. The Morgan fingerprint density at radius 2 is 1.74 bits per heavy atom. The smallest absolute Gasteiger partial charge is 0.338 e. The molecule has 11 heteroatoms. The van der Waals surface area contributed by atoms with Crippen LogP contribution in [-0.4, -0.2) is 86.1 Å². The van der Waals surface area contributed by atoms with Gasteiger partial charge in [0.2, 0.25) is 0 Å².